The van der Waals surface area contributed by atoms with Gasteiger partial charge in [-0.1, -0.05) is 60.3 Å². The van der Waals surface area contributed by atoms with Crippen LogP contribution in [0.15, 0.2) is 53.1 Å². The van der Waals surface area contributed by atoms with Crippen molar-refractivity contribution in [3.8, 4) is 11.3 Å². The number of carbonyl (C=O) groups excluding carboxylic acids is 2. The quantitative estimate of drug-likeness (QED) is 0.335. The molecule has 1 aliphatic carbocycles. The molecule has 9 heteroatoms. The van der Waals surface area contributed by atoms with E-state index in [2.05, 4.69) is 10.5 Å². The van der Waals surface area contributed by atoms with Crippen LogP contribution < -0.4 is 10.2 Å². The molecule has 1 N–H and O–H groups in total. The van der Waals surface area contributed by atoms with Crippen molar-refractivity contribution in [2.24, 2.45) is 5.92 Å². The van der Waals surface area contributed by atoms with E-state index in [0.29, 0.717) is 25.2 Å². The summed E-state index contributed by atoms with van der Waals surface area (Å²) in [6.45, 7) is 5.28. The Labute approximate surface area is 221 Å². The van der Waals surface area contributed by atoms with Crippen molar-refractivity contribution in [2.45, 2.75) is 46.0 Å². The van der Waals surface area contributed by atoms with Crippen LogP contribution in [0.4, 0.5) is 20.8 Å². The number of carbonyl (C=O) groups is 2. The molecule has 1 aromatic heterocycles. The normalized spacial score (nSPS) is 13.8. The Balaban J connectivity index is 1.73. The van der Waals surface area contributed by atoms with Gasteiger partial charge in [-0.3, -0.25) is 9.69 Å². The van der Waals surface area contributed by atoms with E-state index in [0.717, 1.165) is 32.1 Å². The highest BCUT2D eigenvalue weighted by Gasteiger charge is 2.31. The van der Waals surface area contributed by atoms with Crippen LogP contribution in [-0.2, 0) is 0 Å². The zero-order chi connectivity index (χ0) is 26.4. The molecule has 1 fully saturated rings. The summed E-state index contributed by atoms with van der Waals surface area (Å²) >= 11 is 6.34. The Morgan fingerprint density at radius 2 is 1.76 bits per heavy atom. The van der Waals surface area contributed by atoms with Crippen molar-refractivity contribution in [2.75, 3.05) is 29.9 Å². The summed E-state index contributed by atoms with van der Waals surface area (Å²) in [5.74, 6) is -0.494. The van der Waals surface area contributed by atoms with Gasteiger partial charge in [0.1, 0.15) is 17.2 Å². The van der Waals surface area contributed by atoms with Crippen LogP contribution >= 0.6 is 11.6 Å². The van der Waals surface area contributed by atoms with E-state index in [-0.39, 0.29) is 33.8 Å². The number of halogens is 2. The molecule has 0 bridgehead atoms. The predicted octanol–water partition coefficient (Wildman–Crippen LogP) is 7.23. The lowest BCUT2D eigenvalue weighted by Crippen LogP contribution is -2.43. The van der Waals surface area contributed by atoms with Crippen molar-refractivity contribution in [1.82, 2.24) is 10.1 Å². The number of anilines is 2. The Kier molecular flexibility index (Phi) is 8.82. The number of rotatable bonds is 8. The maximum absolute atomic E-state index is 14.9. The van der Waals surface area contributed by atoms with E-state index in [1.54, 1.807) is 30.3 Å². The summed E-state index contributed by atoms with van der Waals surface area (Å²) in [6.07, 6.45) is 5.23. The summed E-state index contributed by atoms with van der Waals surface area (Å²) in [5.41, 5.74) is 0.688. The molecule has 3 amide bonds. The predicted molar refractivity (Wildman–Crippen MR) is 144 cm³/mol. The molecule has 0 aliphatic heterocycles. The minimum atomic E-state index is -0.621. The van der Waals surface area contributed by atoms with Gasteiger partial charge in [-0.15, -0.1) is 0 Å². The second kappa shape index (κ2) is 12.2. The van der Waals surface area contributed by atoms with Gasteiger partial charge in [0.2, 0.25) is 0 Å². The van der Waals surface area contributed by atoms with Crippen molar-refractivity contribution in [1.29, 1.82) is 0 Å². The van der Waals surface area contributed by atoms with Crippen molar-refractivity contribution >= 4 is 35.1 Å². The van der Waals surface area contributed by atoms with Crippen LogP contribution in [0.25, 0.3) is 11.3 Å². The van der Waals surface area contributed by atoms with Crippen LogP contribution in [0, 0.1) is 11.7 Å². The van der Waals surface area contributed by atoms with E-state index >= 15 is 0 Å². The fraction of sp³-hybridized carbons (Fsp3) is 0.393. The molecule has 4 rings (SSSR count). The third-order valence-electron chi connectivity index (χ3n) is 6.83. The maximum atomic E-state index is 14.9. The zero-order valence-electron chi connectivity index (χ0n) is 21.2. The second-order valence-electron chi connectivity index (χ2n) is 9.20. The average molecular weight is 527 g/mol. The van der Waals surface area contributed by atoms with Gasteiger partial charge >= 0.3 is 6.03 Å². The Morgan fingerprint density at radius 1 is 1.05 bits per heavy atom. The molecular formula is C28H32ClFN4O3. The number of hydrogen-bond acceptors (Lipinski definition) is 5. The van der Waals surface area contributed by atoms with Crippen molar-refractivity contribution in [3.63, 3.8) is 0 Å². The molecule has 37 heavy (non-hydrogen) atoms. The highest BCUT2D eigenvalue weighted by atomic mass is 35.5. The largest absolute Gasteiger partial charge is 0.339 e. The molecule has 196 valence electrons. The highest BCUT2D eigenvalue weighted by Crippen LogP contribution is 2.40. The Hall–Kier alpha value is -3.39. The molecule has 1 saturated carbocycles. The lowest BCUT2D eigenvalue weighted by atomic mass is 9.89. The first kappa shape index (κ1) is 26.7. The minimum absolute atomic E-state index is 0.0230. The summed E-state index contributed by atoms with van der Waals surface area (Å²) in [6, 6.07) is 12.4. The van der Waals surface area contributed by atoms with Gasteiger partial charge in [-0.05, 0) is 56.9 Å². The summed E-state index contributed by atoms with van der Waals surface area (Å²) < 4.78 is 20.5. The third-order valence-corrected chi connectivity index (χ3v) is 7.15. The van der Waals surface area contributed by atoms with Crippen LogP contribution in [0.3, 0.4) is 0 Å². The number of nitrogens with one attached hydrogen (secondary N) is 1. The van der Waals surface area contributed by atoms with Crippen molar-refractivity contribution in [3.05, 3.63) is 64.9 Å². The zero-order valence-corrected chi connectivity index (χ0v) is 21.9. The molecule has 0 saturated heterocycles. The van der Waals surface area contributed by atoms with Gasteiger partial charge in [0.25, 0.3) is 11.8 Å². The highest BCUT2D eigenvalue weighted by molar-refractivity contribution is 6.33. The number of hydrogen-bond donors (Lipinski definition) is 1. The molecule has 1 aliphatic rings. The molecule has 1 heterocycles. The first-order chi connectivity index (χ1) is 17.9. The van der Waals surface area contributed by atoms with Crippen LogP contribution in [0.5, 0.6) is 0 Å². The molecule has 3 aromatic rings. The average Bonchev–Trinajstić information content (AvgIpc) is 3.31. The van der Waals surface area contributed by atoms with Gasteiger partial charge < -0.3 is 14.7 Å². The Bertz CT molecular complexity index is 1200. The van der Waals surface area contributed by atoms with Crippen LogP contribution in [0.1, 0.15) is 56.3 Å². The van der Waals surface area contributed by atoms with E-state index in [4.69, 9.17) is 16.1 Å². The number of imide groups is 1. The van der Waals surface area contributed by atoms with Gasteiger partial charge in [0, 0.05) is 25.2 Å². The van der Waals surface area contributed by atoms with Crippen LogP contribution in [0.2, 0.25) is 5.02 Å². The van der Waals surface area contributed by atoms with E-state index in [1.807, 2.05) is 24.8 Å². The molecule has 0 atom stereocenters. The lowest BCUT2D eigenvalue weighted by Gasteiger charge is -2.29. The lowest BCUT2D eigenvalue weighted by molar-refractivity contribution is 0.0780. The summed E-state index contributed by atoms with van der Waals surface area (Å²) in [4.78, 5) is 30.4. The monoisotopic (exact) mass is 526 g/mol. The Morgan fingerprint density at radius 3 is 2.41 bits per heavy atom. The smallest absolute Gasteiger partial charge is 0.329 e. The van der Waals surface area contributed by atoms with E-state index < -0.39 is 17.8 Å². The molecular weight excluding hydrogens is 495 g/mol. The van der Waals surface area contributed by atoms with Crippen molar-refractivity contribution < 1.29 is 18.5 Å². The number of urea groups is 1. The first-order valence-corrected chi connectivity index (χ1v) is 13.2. The van der Waals surface area contributed by atoms with Gasteiger partial charge in [-0.2, -0.15) is 0 Å². The molecule has 0 spiro atoms. The molecule has 0 unspecified atom stereocenters. The fourth-order valence-corrected chi connectivity index (χ4v) is 5.06. The van der Waals surface area contributed by atoms with Crippen LogP contribution in [-0.4, -0.2) is 41.6 Å². The number of benzene rings is 2. The summed E-state index contributed by atoms with van der Waals surface area (Å²) in [7, 11) is 0. The number of nitrogens with zero attached hydrogens (tertiary/aromatic N) is 3. The summed E-state index contributed by atoms with van der Waals surface area (Å²) in [5, 5.41) is 7.07. The number of amides is 3. The first-order valence-electron chi connectivity index (χ1n) is 12.8. The van der Waals surface area contributed by atoms with E-state index in [9.17, 15) is 14.0 Å². The molecule has 0 radical (unpaired) electrons. The second-order valence-corrected chi connectivity index (χ2v) is 9.60. The third kappa shape index (κ3) is 5.96. The fourth-order valence-electron chi connectivity index (χ4n) is 4.81. The van der Waals surface area contributed by atoms with Gasteiger partial charge in [-0.25, -0.2) is 9.18 Å². The standard InChI is InChI=1S/C28H32ClFN4O3/c1-3-33(4-2)27-25(24(32-37-27)23-21(29)16-11-17-22(23)30)31-28(36)34(18-19-12-7-5-8-13-19)26(35)20-14-9-6-10-15-20/h6,9-11,14-17,19H,3-5,7-8,12-13,18H2,1-2H3,(H,31,36). The van der Waals surface area contributed by atoms with Gasteiger partial charge in [0.05, 0.1) is 10.6 Å². The van der Waals surface area contributed by atoms with E-state index in [1.165, 1.54) is 17.0 Å². The minimum Gasteiger partial charge on any atom is -0.339 e. The van der Waals surface area contributed by atoms with Gasteiger partial charge in [0.15, 0.2) is 0 Å². The maximum Gasteiger partial charge on any atom is 0.329 e. The SMILES string of the molecule is CCN(CC)c1onc(-c2c(F)cccc2Cl)c1NC(=O)N(CC1CCCCC1)C(=O)c1ccccc1. The number of aromatic nitrogens is 1. The molecule has 7 nitrogen and oxygen atoms in total. The topological polar surface area (TPSA) is 78.7 Å². The molecule has 2 aromatic carbocycles.